The number of carboxylic acids is 1. The molecule has 1 aromatic carbocycles. The van der Waals surface area contributed by atoms with E-state index < -0.39 is 11.9 Å². The normalized spacial score (nSPS) is 20.1. The number of fused-ring (bicyclic) bond motifs is 1. The molecule has 0 radical (unpaired) electrons. The summed E-state index contributed by atoms with van der Waals surface area (Å²) in [4.78, 5) is 38.0. The molecular weight excluding hydrogens is 314 g/mol. The highest BCUT2D eigenvalue weighted by Crippen LogP contribution is 2.43. The first-order valence-electron chi connectivity index (χ1n) is 7.56. The molecule has 3 rings (SSSR count). The SMILES string of the molecule is CCc1ccc(C(=O)C2=C3SCCN3C(=O)[C@@H]2CC(=O)O)cc1. The van der Waals surface area contributed by atoms with Crippen LogP contribution in [0.3, 0.4) is 0 Å². The summed E-state index contributed by atoms with van der Waals surface area (Å²) in [6.45, 7) is 2.58. The zero-order chi connectivity index (χ0) is 16.6. The summed E-state index contributed by atoms with van der Waals surface area (Å²) in [5.74, 6) is -1.69. The number of carbonyl (C=O) groups excluding carboxylic acids is 2. The van der Waals surface area contributed by atoms with Gasteiger partial charge in [-0.05, 0) is 12.0 Å². The highest BCUT2D eigenvalue weighted by Gasteiger charge is 2.45. The second-order valence-corrected chi connectivity index (χ2v) is 6.67. The van der Waals surface area contributed by atoms with E-state index in [2.05, 4.69) is 0 Å². The number of carboxylic acid groups (broad SMARTS) is 1. The van der Waals surface area contributed by atoms with E-state index >= 15 is 0 Å². The van der Waals surface area contributed by atoms with Crippen molar-refractivity contribution in [3.63, 3.8) is 0 Å². The van der Waals surface area contributed by atoms with E-state index in [0.717, 1.165) is 17.7 Å². The number of amides is 1. The molecule has 0 spiro atoms. The van der Waals surface area contributed by atoms with Gasteiger partial charge in [0, 0.05) is 23.4 Å². The summed E-state index contributed by atoms with van der Waals surface area (Å²) in [7, 11) is 0. The Kier molecular flexibility index (Phi) is 4.26. The van der Waals surface area contributed by atoms with Crippen LogP contribution < -0.4 is 0 Å². The maximum atomic E-state index is 12.9. The van der Waals surface area contributed by atoms with E-state index in [1.54, 1.807) is 17.0 Å². The number of nitrogens with zero attached hydrogens (tertiary/aromatic N) is 1. The largest absolute Gasteiger partial charge is 0.481 e. The second-order valence-electron chi connectivity index (χ2n) is 5.59. The Morgan fingerprint density at radius 1 is 1.30 bits per heavy atom. The Balaban J connectivity index is 1.98. The van der Waals surface area contributed by atoms with Crippen LogP contribution >= 0.6 is 11.8 Å². The maximum absolute atomic E-state index is 12.9. The first-order chi connectivity index (χ1) is 11.0. The summed E-state index contributed by atoms with van der Waals surface area (Å²) in [5.41, 5.74) is 1.98. The van der Waals surface area contributed by atoms with Gasteiger partial charge in [0.25, 0.3) is 0 Å². The minimum absolute atomic E-state index is 0.237. The topological polar surface area (TPSA) is 74.7 Å². The number of hydrogen-bond acceptors (Lipinski definition) is 4. The lowest BCUT2D eigenvalue weighted by molar-refractivity contribution is -0.141. The predicted molar refractivity (Wildman–Crippen MR) is 87.1 cm³/mol. The number of aryl methyl sites for hydroxylation is 1. The number of hydrogen-bond donors (Lipinski definition) is 1. The monoisotopic (exact) mass is 331 g/mol. The van der Waals surface area contributed by atoms with Crippen LogP contribution in [-0.4, -0.2) is 40.0 Å². The summed E-state index contributed by atoms with van der Waals surface area (Å²) in [6, 6.07) is 7.28. The molecule has 1 aromatic rings. The van der Waals surface area contributed by atoms with Crippen LogP contribution in [0.5, 0.6) is 0 Å². The first kappa shape index (κ1) is 15.8. The summed E-state index contributed by atoms with van der Waals surface area (Å²) in [6.07, 6.45) is 0.541. The zero-order valence-corrected chi connectivity index (χ0v) is 13.6. The third-order valence-corrected chi connectivity index (χ3v) is 5.29. The fourth-order valence-corrected chi connectivity index (χ4v) is 4.17. The molecule has 1 saturated heterocycles. The minimum atomic E-state index is -1.07. The van der Waals surface area contributed by atoms with Crippen molar-refractivity contribution in [2.24, 2.45) is 5.92 Å². The fraction of sp³-hybridized carbons (Fsp3) is 0.353. The van der Waals surface area contributed by atoms with Crippen molar-refractivity contribution in [2.75, 3.05) is 12.3 Å². The molecule has 0 aromatic heterocycles. The van der Waals surface area contributed by atoms with Crippen LogP contribution in [0.4, 0.5) is 0 Å². The number of carbonyl (C=O) groups is 3. The van der Waals surface area contributed by atoms with Crippen molar-refractivity contribution in [3.8, 4) is 0 Å². The smallest absolute Gasteiger partial charge is 0.304 e. The third kappa shape index (κ3) is 2.79. The van der Waals surface area contributed by atoms with Crippen LogP contribution in [0.2, 0.25) is 0 Å². The minimum Gasteiger partial charge on any atom is -0.481 e. The summed E-state index contributed by atoms with van der Waals surface area (Å²) in [5, 5.41) is 9.73. The fourth-order valence-electron chi connectivity index (χ4n) is 2.97. The van der Waals surface area contributed by atoms with Gasteiger partial charge < -0.3 is 10.0 Å². The third-order valence-electron chi connectivity index (χ3n) is 4.19. The van der Waals surface area contributed by atoms with Gasteiger partial charge in [-0.25, -0.2) is 0 Å². The van der Waals surface area contributed by atoms with Crippen molar-refractivity contribution in [3.05, 3.63) is 46.0 Å². The molecule has 5 nitrogen and oxygen atoms in total. The average Bonchev–Trinajstić information content (AvgIpc) is 3.10. The van der Waals surface area contributed by atoms with Gasteiger partial charge in [0.2, 0.25) is 5.91 Å². The molecule has 2 heterocycles. The Bertz CT molecular complexity index is 708. The Labute approximate surface area is 138 Å². The molecule has 2 aliphatic heterocycles. The Morgan fingerprint density at radius 2 is 2.00 bits per heavy atom. The van der Waals surface area contributed by atoms with Gasteiger partial charge in [-0.15, -0.1) is 11.8 Å². The van der Waals surface area contributed by atoms with Gasteiger partial charge in [-0.3, -0.25) is 14.4 Å². The first-order valence-corrected chi connectivity index (χ1v) is 8.55. The molecule has 2 aliphatic rings. The van der Waals surface area contributed by atoms with E-state index in [4.69, 9.17) is 5.11 Å². The molecule has 23 heavy (non-hydrogen) atoms. The molecule has 1 N–H and O–H groups in total. The van der Waals surface area contributed by atoms with Gasteiger partial charge in [-0.2, -0.15) is 0 Å². The molecule has 0 unspecified atom stereocenters. The molecule has 0 bridgehead atoms. The van der Waals surface area contributed by atoms with Crippen molar-refractivity contribution in [2.45, 2.75) is 19.8 Å². The van der Waals surface area contributed by atoms with Gasteiger partial charge in [0.1, 0.15) is 0 Å². The van der Waals surface area contributed by atoms with E-state index in [-0.39, 0.29) is 18.1 Å². The lowest BCUT2D eigenvalue weighted by atomic mass is 9.91. The van der Waals surface area contributed by atoms with Crippen LogP contribution in [0.15, 0.2) is 34.9 Å². The van der Waals surface area contributed by atoms with Crippen LogP contribution in [-0.2, 0) is 16.0 Å². The molecule has 0 aliphatic carbocycles. The zero-order valence-electron chi connectivity index (χ0n) is 12.7. The molecule has 1 fully saturated rings. The van der Waals surface area contributed by atoms with E-state index in [9.17, 15) is 14.4 Å². The van der Waals surface area contributed by atoms with E-state index in [1.165, 1.54) is 11.8 Å². The van der Waals surface area contributed by atoms with Crippen LogP contribution in [0, 0.1) is 5.92 Å². The maximum Gasteiger partial charge on any atom is 0.304 e. The molecule has 1 amide bonds. The number of thioether (sulfide) groups is 1. The van der Waals surface area contributed by atoms with Gasteiger partial charge in [-0.1, -0.05) is 31.2 Å². The van der Waals surface area contributed by atoms with Gasteiger partial charge in [0.15, 0.2) is 5.78 Å². The van der Waals surface area contributed by atoms with Crippen molar-refractivity contribution >= 4 is 29.4 Å². The number of benzene rings is 1. The Hall–Kier alpha value is -2.08. The lowest BCUT2D eigenvalue weighted by Crippen LogP contribution is -2.29. The highest BCUT2D eigenvalue weighted by atomic mass is 32.2. The van der Waals surface area contributed by atoms with Gasteiger partial charge >= 0.3 is 5.97 Å². The standard InChI is InChI=1S/C17H17NO4S/c1-2-10-3-5-11(6-4-10)15(21)14-12(9-13(19)20)16(22)18-7-8-23-17(14)18/h3-6,12H,2,7-9H2,1H3,(H,19,20)/t12-/m1/s1. The summed E-state index contributed by atoms with van der Waals surface area (Å²) < 4.78 is 0. The van der Waals surface area contributed by atoms with E-state index in [0.29, 0.717) is 22.7 Å². The van der Waals surface area contributed by atoms with Crippen LogP contribution in [0.1, 0.15) is 29.3 Å². The lowest BCUT2D eigenvalue weighted by Gasteiger charge is -2.12. The molecule has 6 heteroatoms. The summed E-state index contributed by atoms with van der Waals surface area (Å²) >= 11 is 1.46. The van der Waals surface area contributed by atoms with Crippen LogP contribution in [0.25, 0.3) is 0 Å². The Morgan fingerprint density at radius 3 is 2.61 bits per heavy atom. The molecule has 120 valence electrons. The number of rotatable bonds is 5. The van der Waals surface area contributed by atoms with Crippen molar-refractivity contribution in [1.29, 1.82) is 0 Å². The second kappa shape index (κ2) is 6.20. The number of aliphatic carboxylic acids is 1. The van der Waals surface area contributed by atoms with E-state index in [1.807, 2.05) is 19.1 Å². The molecule has 1 atom stereocenters. The van der Waals surface area contributed by atoms with Gasteiger partial charge in [0.05, 0.1) is 17.4 Å². The van der Waals surface area contributed by atoms with Crippen molar-refractivity contribution in [1.82, 2.24) is 4.90 Å². The number of ketones is 1. The quantitative estimate of drug-likeness (QED) is 0.838. The molecular formula is C17H17NO4S. The molecule has 0 saturated carbocycles. The number of Topliss-reactive ketones (excluding diaryl/α,β-unsaturated/α-hetero) is 1. The van der Waals surface area contributed by atoms with Crippen molar-refractivity contribution < 1.29 is 19.5 Å². The highest BCUT2D eigenvalue weighted by molar-refractivity contribution is 8.03. The average molecular weight is 331 g/mol. The predicted octanol–water partition coefficient (Wildman–Crippen LogP) is 2.32.